The number of pyridine rings is 3. The van der Waals surface area contributed by atoms with E-state index in [1.54, 1.807) is 40.6 Å². The third-order valence-corrected chi connectivity index (χ3v) is 6.52. The van der Waals surface area contributed by atoms with Crippen LogP contribution in [0.2, 0.25) is 0 Å². The molecule has 1 saturated carbocycles. The molecule has 0 saturated heterocycles. The van der Waals surface area contributed by atoms with Crippen molar-refractivity contribution in [3.05, 3.63) is 69.8 Å². The van der Waals surface area contributed by atoms with E-state index in [4.69, 9.17) is 0 Å². The molecule has 1 aliphatic carbocycles. The van der Waals surface area contributed by atoms with Gasteiger partial charge in [0.05, 0.1) is 11.9 Å². The molecule has 0 aromatic carbocycles. The third-order valence-electron chi connectivity index (χ3n) is 5.17. The third kappa shape index (κ3) is 4.08. The number of rotatable bonds is 5. The summed E-state index contributed by atoms with van der Waals surface area (Å²) in [7, 11) is 0. The highest BCUT2D eigenvalue weighted by molar-refractivity contribution is 9.10. The van der Waals surface area contributed by atoms with E-state index in [1.165, 1.54) is 6.07 Å². The molecule has 1 fully saturated rings. The number of aromatic nitrogens is 4. The van der Waals surface area contributed by atoms with Gasteiger partial charge in [0.15, 0.2) is 5.13 Å². The zero-order valence-electron chi connectivity index (χ0n) is 16.0. The van der Waals surface area contributed by atoms with E-state index in [-0.39, 0.29) is 5.56 Å². The van der Waals surface area contributed by atoms with Gasteiger partial charge in [0.25, 0.3) is 5.56 Å². The van der Waals surface area contributed by atoms with Crippen LogP contribution >= 0.6 is 27.3 Å². The van der Waals surface area contributed by atoms with Gasteiger partial charge >= 0.3 is 0 Å². The summed E-state index contributed by atoms with van der Waals surface area (Å²) in [6.07, 6.45) is 8.40. The van der Waals surface area contributed by atoms with Gasteiger partial charge in [-0.15, -0.1) is 0 Å². The quantitative estimate of drug-likeness (QED) is 0.437. The normalized spacial score (nSPS) is 18.6. The lowest BCUT2D eigenvalue weighted by Gasteiger charge is -2.15. The highest BCUT2D eigenvalue weighted by Crippen LogP contribution is 2.30. The fraction of sp³-hybridized carbons (Fsp3) is 0.238. The van der Waals surface area contributed by atoms with Crippen molar-refractivity contribution < 1.29 is 0 Å². The molecule has 4 aromatic heterocycles. The van der Waals surface area contributed by atoms with Crippen LogP contribution in [0.25, 0.3) is 16.0 Å². The Morgan fingerprint density at radius 1 is 1.07 bits per heavy atom. The Labute approximate surface area is 185 Å². The van der Waals surface area contributed by atoms with Crippen molar-refractivity contribution >= 4 is 48.6 Å². The first kappa shape index (κ1) is 19.2. The predicted octanol–water partition coefficient (Wildman–Crippen LogP) is 4.44. The summed E-state index contributed by atoms with van der Waals surface area (Å²) in [5, 5.41) is 7.98. The van der Waals surface area contributed by atoms with Crippen LogP contribution < -0.4 is 16.2 Å². The molecule has 9 heteroatoms. The van der Waals surface area contributed by atoms with Crippen molar-refractivity contribution in [2.75, 3.05) is 10.6 Å². The van der Waals surface area contributed by atoms with Gasteiger partial charge < -0.3 is 10.6 Å². The molecule has 5 rings (SSSR count). The van der Waals surface area contributed by atoms with Crippen LogP contribution in [0.4, 0.5) is 10.9 Å². The van der Waals surface area contributed by atoms with Gasteiger partial charge in [-0.05, 0) is 59.5 Å². The van der Waals surface area contributed by atoms with Crippen LogP contribution in [0.3, 0.4) is 0 Å². The number of anilines is 2. The van der Waals surface area contributed by atoms with Gasteiger partial charge in [-0.25, -0.2) is 15.0 Å². The van der Waals surface area contributed by atoms with Crippen LogP contribution in [0, 0.1) is 0 Å². The maximum atomic E-state index is 11.9. The number of hydrogen-bond acceptors (Lipinski definition) is 7. The van der Waals surface area contributed by atoms with E-state index < -0.39 is 0 Å². The standard InChI is InChI=1S/C21H19BrN6OS/c22-13-9-17-20(24-11-13)30-21(27-17)26-15-5-4-14(10-15)25-18-7-6-16(12-23-18)28-8-2-1-3-19(28)29/h1-3,6-9,11-12,14-15H,4-5,10H2,(H,23,25)(H,26,27)/t14-,15-/m0/s1. The van der Waals surface area contributed by atoms with Crippen LogP contribution in [-0.2, 0) is 0 Å². The summed E-state index contributed by atoms with van der Waals surface area (Å²) >= 11 is 5.03. The molecule has 0 unspecified atom stereocenters. The summed E-state index contributed by atoms with van der Waals surface area (Å²) < 4.78 is 2.52. The predicted molar refractivity (Wildman–Crippen MR) is 124 cm³/mol. The van der Waals surface area contributed by atoms with Crippen molar-refractivity contribution in [1.29, 1.82) is 0 Å². The second-order valence-corrected chi connectivity index (χ2v) is 9.20. The van der Waals surface area contributed by atoms with Crippen LogP contribution in [-0.4, -0.2) is 31.6 Å². The molecular formula is C21H19BrN6OS. The Morgan fingerprint density at radius 3 is 2.73 bits per heavy atom. The minimum atomic E-state index is -0.0675. The molecule has 30 heavy (non-hydrogen) atoms. The van der Waals surface area contributed by atoms with Gasteiger partial charge in [-0.3, -0.25) is 9.36 Å². The molecule has 0 bridgehead atoms. The Morgan fingerprint density at radius 2 is 1.93 bits per heavy atom. The van der Waals surface area contributed by atoms with E-state index in [9.17, 15) is 4.79 Å². The highest BCUT2D eigenvalue weighted by Gasteiger charge is 2.25. The fourth-order valence-corrected chi connectivity index (χ4v) is 4.93. The summed E-state index contributed by atoms with van der Waals surface area (Å²) in [5.41, 5.74) is 1.60. The Bertz CT molecular complexity index is 1240. The van der Waals surface area contributed by atoms with Gasteiger partial charge in [0.2, 0.25) is 0 Å². The van der Waals surface area contributed by atoms with E-state index >= 15 is 0 Å². The zero-order chi connectivity index (χ0) is 20.5. The summed E-state index contributed by atoms with van der Waals surface area (Å²) in [6, 6.07) is 11.6. The summed E-state index contributed by atoms with van der Waals surface area (Å²) in [5.74, 6) is 0.822. The smallest absolute Gasteiger partial charge is 0.255 e. The first-order chi connectivity index (χ1) is 14.6. The Hall–Kier alpha value is -2.78. The van der Waals surface area contributed by atoms with Crippen LogP contribution in [0.1, 0.15) is 19.3 Å². The van der Waals surface area contributed by atoms with Gasteiger partial charge in [-0.1, -0.05) is 17.4 Å². The number of hydrogen-bond donors (Lipinski definition) is 2. The van der Waals surface area contributed by atoms with Crippen LogP contribution in [0.15, 0.2) is 64.3 Å². The molecule has 152 valence electrons. The van der Waals surface area contributed by atoms with Gasteiger partial charge in [0, 0.05) is 35.0 Å². The maximum absolute atomic E-state index is 11.9. The molecule has 7 nitrogen and oxygen atoms in total. The molecule has 0 spiro atoms. The first-order valence-electron chi connectivity index (χ1n) is 9.73. The van der Waals surface area contributed by atoms with Gasteiger partial charge in [-0.2, -0.15) is 0 Å². The van der Waals surface area contributed by atoms with E-state index in [0.29, 0.717) is 12.1 Å². The lowest BCUT2D eigenvalue weighted by atomic mass is 10.2. The molecule has 2 N–H and O–H groups in total. The number of halogens is 1. The van der Waals surface area contributed by atoms with Crippen molar-refractivity contribution in [1.82, 2.24) is 19.5 Å². The molecule has 4 heterocycles. The van der Waals surface area contributed by atoms with Crippen molar-refractivity contribution in [2.45, 2.75) is 31.3 Å². The zero-order valence-corrected chi connectivity index (χ0v) is 18.4. The first-order valence-corrected chi connectivity index (χ1v) is 11.3. The van der Waals surface area contributed by atoms with Gasteiger partial charge in [0.1, 0.15) is 16.2 Å². The molecule has 0 radical (unpaired) electrons. The monoisotopic (exact) mass is 482 g/mol. The molecule has 2 atom stereocenters. The largest absolute Gasteiger partial charge is 0.367 e. The lowest BCUT2D eigenvalue weighted by Crippen LogP contribution is -2.21. The van der Waals surface area contributed by atoms with E-state index in [1.807, 2.05) is 24.3 Å². The molecule has 0 aliphatic heterocycles. The molecule has 1 aliphatic rings. The highest BCUT2D eigenvalue weighted by atomic mass is 79.9. The lowest BCUT2D eigenvalue weighted by molar-refractivity contribution is 0.722. The Kier molecular flexibility index (Phi) is 5.22. The van der Waals surface area contributed by atoms with Crippen molar-refractivity contribution in [3.8, 4) is 5.69 Å². The minimum Gasteiger partial charge on any atom is -0.367 e. The minimum absolute atomic E-state index is 0.0675. The fourth-order valence-electron chi connectivity index (χ4n) is 3.74. The van der Waals surface area contributed by atoms with Crippen LogP contribution in [0.5, 0.6) is 0 Å². The van der Waals surface area contributed by atoms with E-state index in [2.05, 4.69) is 41.5 Å². The SMILES string of the molecule is O=c1ccccn1-c1ccc(N[C@H]2CC[C@H](Nc3nc4cc(Br)cnc4s3)C2)nc1. The maximum Gasteiger partial charge on any atom is 0.255 e. The number of nitrogens with zero attached hydrogens (tertiary/aromatic N) is 4. The molecule has 0 amide bonds. The number of fused-ring (bicyclic) bond motifs is 1. The summed E-state index contributed by atoms with van der Waals surface area (Å²) in [6.45, 7) is 0. The summed E-state index contributed by atoms with van der Waals surface area (Å²) in [4.78, 5) is 26.4. The topological polar surface area (TPSA) is 84.7 Å². The second-order valence-electron chi connectivity index (χ2n) is 7.30. The van der Waals surface area contributed by atoms with Crippen molar-refractivity contribution in [3.63, 3.8) is 0 Å². The Balaban J connectivity index is 1.21. The number of nitrogens with one attached hydrogen (secondary N) is 2. The van der Waals surface area contributed by atoms with E-state index in [0.717, 1.165) is 50.7 Å². The van der Waals surface area contributed by atoms with Crippen molar-refractivity contribution in [2.24, 2.45) is 0 Å². The second kappa shape index (κ2) is 8.16. The molecular weight excluding hydrogens is 464 g/mol. The average Bonchev–Trinajstić information content (AvgIpc) is 3.35. The average molecular weight is 483 g/mol. The molecule has 4 aromatic rings. The number of thiazole rings is 1.